The number of rotatable bonds is 12. The minimum atomic E-state index is -3.92. The van der Waals surface area contributed by atoms with Crippen LogP contribution in [0.25, 0.3) is 0 Å². The fourth-order valence-electron chi connectivity index (χ4n) is 3.72. The second-order valence-corrected chi connectivity index (χ2v) is 10.9. The van der Waals surface area contributed by atoms with Crippen molar-refractivity contribution in [2.75, 3.05) is 31.3 Å². The third-order valence-electron chi connectivity index (χ3n) is 5.39. The fraction of sp³-hybridized carbons (Fsp3) is 0.440. The van der Waals surface area contributed by atoms with Gasteiger partial charge in [0, 0.05) is 17.6 Å². The van der Waals surface area contributed by atoms with Crippen molar-refractivity contribution in [3.63, 3.8) is 0 Å². The number of ether oxygens (including phenoxy) is 2. The van der Waals surface area contributed by atoms with E-state index in [9.17, 15) is 18.0 Å². The van der Waals surface area contributed by atoms with E-state index in [0.717, 1.165) is 16.1 Å². The van der Waals surface area contributed by atoms with E-state index < -0.39 is 28.5 Å². The summed E-state index contributed by atoms with van der Waals surface area (Å²) < 4.78 is 37.1. The first-order valence-electron chi connectivity index (χ1n) is 11.4. The highest BCUT2D eigenvalue weighted by Crippen LogP contribution is 2.33. The Bertz CT molecular complexity index is 1170. The first kappa shape index (κ1) is 29.3. The number of hydrogen-bond donors (Lipinski definition) is 1. The predicted octanol–water partition coefficient (Wildman–Crippen LogP) is 3.46. The predicted molar refractivity (Wildman–Crippen MR) is 141 cm³/mol. The summed E-state index contributed by atoms with van der Waals surface area (Å²) in [5.74, 6) is -0.0476. The molecule has 9 nitrogen and oxygen atoms in total. The van der Waals surface area contributed by atoms with E-state index in [0.29, 0.717) is 12.2 Å². The Morgan fingerprint density at radius 3 is 2.33 bits per heavy atom. The summed E-state index contributed by atoms with van der Waals surface area (Å²) in [6.07, 6.45) is 1.32. The van der Waals surface area contributed by atoms with Crippen molar-refractivity contribution in [2.24, 2.45) is 0 Å². The van der Waals surface area contributed by atoms with E-state index in [4.69, 9.17) is 21.1 Å². The maximum Gasteiger partial charge on any atom is 0.244 e. The van der Waals surface area contributed by atoms with E-state index in [-0.39, 0.29) is 35.0 Å². The second-order valence-electron chi connectivity index (χ2n) is 8.55. The molecule has 0 unspecified atom stereocenters. The molecule has 0 aliphatic heterocycles. The van der Waals surface area contributed by atoms with E-state index in [1.807, 2.05) is 19.9 Å². The number of anilines is 1. The van der Waals surface area contributed by atoms with Gasteiger partial charge in [-0.05, 0) is 56.2 Å². The summed E-state index contributed by atoms with van der Waals surface area (Å²) in [5.41, 5.74) is 0.853. The van der Waals surface area contributed by atoms with Gasteiger partial charge in [-0.3, -0.25) is 13.9 Å². The minimum Gasteiger partial charge on any atom is -0.497 e. The van der Waals surface area contributed by atoms with Crippen LogP contribution in [0.4, 0.5) is 5.69 Å². The number of nitrogens with zero attached hydrogens (tertiary/aromatic N) is 2. The highest BCUT2D eigenvalue weighted by molar-refractivity contribution is 7.92. The van der Waals surface area contributed by atoms with Crippen molar-refractivity contribution in [3.05, 3.63) is 53.1 Å². The van der Waals surface area contributed by atoms with Crippen molar-refractivity contribution in [1.82, 2.24) is 10.2 Å². The average molecular weight is 540 g/mol. The van der Waals surface area contributed by atoms with E-state index in [2.05, 4.69) is 5.32 Å². The molecular weight excluding hydrogens is 506 g/mol. The Kier molecular flexibility index (Phi) is 10.4. The standard InChI is InChI=1S/C25H34ClN3O6S/c1-7-21(25(31)27-17(2)3)28(15-18-9-8-10-20(13-18)34-4)24(30)16-29(36(6,32)33)22-14-19(26)11-12-23(22)35-5/h8-14,17,21H,7,15-16H2,1-6H3,(H,27,31)/t21-/m0/s1. The molecule has 0 spiro atoms. The summed E-state index contributed by atoms with van der Waals surface area (Å²) in [7, 11) is -0.991. The smallest absolute Gasteiger partial charge is 0.244 e. The van der Waals surface area contributed by atoms with Gasteiger partial charge in [0.2, 0.25) is 21.8 Å². The molecule has 0 aromatic heterocycles. The lowest BCUT2D eigenvalue weighted by atomic mass is 10.1. The molecule has 0 fully saturated rings. The van der Waals surface area contributed by atoms with Crippen LogP contribution in [0.5, 0.6) is 11.5 Å². The molecule has 2 rings (SSSR count). The fourth-order valence-corrected chi connectivity index (χ4v) is 4.73. The molecule has 2 amide bonds. The Hall–Kier alpha value is -2.98. The quantitative estimate of drug-likeness (QED) is 0.443. The molecule has 0 saturated heterocycles. The van der Waals surface area contributed by atoms with Gasteiger partial charge in [-0.15, -0.1) is 0 Å². The Labute approximate surface area is 218 Å². The Balaban J connectivity index is 2.53. The topological polar surface area (TPSA) is 105 Å². The maximum atomic E-state index is 13.7. The van der Waals surface area contributed by atoms with Gasteiger partial charge >= 0.3 is 0 Å². The number of amides is 2. The number of carbonyl (C=O) groups excluding carboxylic acids is 2. The van der Waals surface area contributed by atoms with Crippen LogP contribution in [0.1, 0.15) is 32.8 Å². The zero-order chi connectivity index (χ0) is 27.0. The molecule has 0 aliphatic rings. The van der Waals surface area contributed by atoms with Crippen LogP contribution in [-0.4, -0.2) is 64.2 Å². The van der Waals surface area contributed by atoms with Gasteiger partial charge in [0.1, 0.15) is 24.1 Å². The largest absolute Gasteiger partial charge is 0.497 e. The molecule has 1 atom stereocenters. The molecule has 0 aliphatic carbocycles. The summed E-state index contributed by atoms with van der Waals surface area (Å²) in [6, 6.07) is 10.7. The SMILES string of the molecule is CC[C@@H](C(=O)NC(C)C)N(Cc1cccc(OC)c1)C(=O)CN(c1cc(Cl)ccc1OC)S(C)(=O)=O. The van der Waals surface area contributed by atoms with Crippen LogP contribution in [0.2, 0.25) is 5.02 Å². The summed E-state index contributed by atoms with van der Waals surface area (Å²) >= 11 is 6.13. The van der Waals surface area contributed by atoms with Crippen LogP contribution < -0.4 is 19.1 Å². The number of hydrogen-bond acceptors (Lipinski definition) is 6. The zero-order valence-corrected chi connectivity index (χ0v) is 23.0. The van der Waals surface area contributed by atoms with Crippen LogP contribution in [0.3, 0.4) is 0 Å². The Morgan fingerprint density at radius 2 is 1.78 bits per heavy atom. The average Bonchev–Trinajstić information content (AvgIpc) is 2.81. The monoisotopic (exact) mass is 539 g/mol. The van der Waals surface area contributed by atoms with Crippen LogP contribution in [0, 0.1) is 0 Å². The lowest BCUT2D eigenvalue weighted by Crippen LogP contribution is -2.53. The zero-order valence-electron chi connectivity index (χ0n) is 21.4. The van der Waals surface area contributed by atoms with E-state index >= 15 is 0 Å². The van der Waals surface area contributed by atoms with Gasteiger partial charge in [0.05, 0.1) is 26.2 Å². The Morgan fingerprint density at radius 1 is 1.08 bits per heavy atom. The molecule has 2 aromatic carbocycles. The number of halogens is 1. The van der Waals surface area contributed by atoms with E-state index in [1.54, 1.807) is 31.2 Å². The third kappa shape index (κ3) is 7.76. The summed E-state index contributed by atoms with van der Waals surface area (Å²) in [4.78, 5) is 28.2. The first-order chi connectivity index (χ1) is 16.9. The highest BCUT2D eigenvalue weighted by Gasteiger charge is 2.33. The number of carbonyl (C=O) groups is 2. The molecule has 198 valence electrons. The highest BCUT2D eigenvalue weighted by atomic mass is 35.5. The number of sulfonamides is 1. The van der Waals surface area contributed by atoms with Crippen LogP contribution in [0.15, 0.2) is 42.5 Å². The second kappa shape index (κ2) is 12.8. The molecule has 36 heavy (non-hydrogen) atoms. The lowest BCUT2D eigenvalue weighted by molar-refractivity contribution is -0.140. The molecular formula is C25H34ClN3O6S. The minimum absolute atomic E-state index is 0.0737. The molecule has 0 saturated carbocycles. The van der Waals surface area contributed by atoms with Gasteiger partial charge in [-0.2, -0.15) is 0 Å². The maximum absolute atomic E-state index is 13.7. The van der Waals surface area contributed by atoms with Gasteiger partial charge in [-0.1, -0.05) is 30.7 Å². The van der Waals surface area contributed by atoms with Crippen molar-refractivity contribution in [1.29, 1.82) is 0 Å². The summed E-state index contributed by atoms with van der Waals surface area (Å²) in [5, 5.41) is 3.13. The van der Waals surface area contributed by atoms with Gasteiger partial charge in [0.25, 0.3) is 0 Å². The normalized spacial score (nSPS) is 12.1. The molecule has 0 bridgehead atoms. The van der Waals surface area contributed by atoms with Gasteiger partial charge in [-0.25, -0.2) is 8.42 Å². The molecule has 0 heterocycles. The van der Waals surface area contributed by atoms with Crippen molar-refractivity contribution in [2.45, 2.75) is 45.8 Å². The number of benzene rings is 2. The first-order valence-corrected chi connectivity index (χ1v) is 13.7. The number of nitrogens with one attached hydrogen (secondary N) is 1. The lowest BCUT2D eigenvalue weighted by Gasteiger charge is -2.33. The van der Waals surface area contributed by atoms with Crippen LogP contribution in [-0.2, 0) is 26.2 Å². The molecule has 0 radical (unpaired) electrons. The summed E-state index contributed by atoms with van der Waals surface area (Å²) in [6.45, 7) is 4.98. The molecule has 11 heteroatoms. The van der Waals surface area contributed by atoms with Crippen LogP contribution >= 0.6 is 11.6 Å². The number of methoxy groups -OCH3 is 2. The van der Waals surface area contributed by atoms with Gasteiger partial charge in [0.15, 0.2) is 0 Å². The van der Waals surface area contributed by atoms with Gasteiger partial charge < -0.3 is 19.7 Å². The molecule has 2 aromatic rings. The third-order valence-corrected chi connectivity index (χ3v) is 6.75. The molecule has 1 N–H and O–H groups in total. The van der Waals surface area contributed by atoms with Crippen molar-refractivity contribution >= 4 is 39.1 Å². The van der Waals surface area contributed by atoms with Crippen molar-refractivity contribution in [3.8, 4) is 11.5 Å². The van der Waals surface area contributed by atoms with E-state index in [1.165, 1.54) is 31.3 Å². The van der Waals surface area contributed by atoms with Crippen molar-refractivity contribution < 1.29 is 27.5 Å².